The minimum absolute atomic E-state index is 0.173. The number of hydrogen-bond acceptors (Lipinski definition) is 1. The summed E-state index contributed by atoms with van der Waals surface area (Å²) in [7, 11) is 0. The maximum Gasteiger partial charge on any atom is 0.220 e. The third-order valence-corrected chi connectivity index (χ3v) is 2.63. The molecule has 0 aliphatic heterocycles. The van der Waals surface area contributed by atoms with E-state index >= 15 is 0 Å². The Morgan fingerprint density at radius 2 is 2.40 bits per heavy atom. The first-order valence-electron chi connectivity index (χ1n) is 5.69. The van der Waals surface area contributed by atoms with Gasteiger partial charge in [0.15, 0.2) is 0 Å². The van der Waals surface area contributed by atoms with E-state index in [1.54, 1.807) is 0 Å². The molecular formula is C13H19NO. The van der Waals surface area contributed by atoms with Crippen LogP contribution in [-0.2, 0) is 4.79 Å². The van der Waals surface area contributed by atoms with E-state index in [1.165, 1.54) is 0 Å². The number of rotatable bonds is 6. The predicted octanol–water partition coefficient (Wildman–Crippen LogP) is 2.26. The number of terminal acetylenes is 1. The van der Waals surface area contributed by atoms with Crippen LogP contribution in [0.25, 0.3) is 0 Å². The summed E-state index contributed by atoms with van der Waals surface area (Å²) < 4.78 is 0. The lowest BCUT2D eigenvalue weighted by Crippen LogP contribution is -2.25. The van der Waals surface area contributed by atoms with Gasteiger partial charge in [-0.3, -0.25) is 4.79 Å². The summed E-state index contributed by atoms with van der Waals surface area (Å²) in [4.78, 5) is 11.4. The van der Waals surface area contributed by atoms with E-state index in [9.17, 15) is 4.79 Å². The molecule has 0 saturated carbocycles. The Morgan fingerprint density at radius 3 is 3.07 bits per heavy atom. The first kappa shape index (κ1) is 11.8. The summed E-state index contributed by atoms with van der Waals surface area (Å²) in [6.07, 6.45) is 15.1. The fourth-order valence-corrected chi connectivity index (χ4v) is 1.76. The average molecular weight is 205 g/mol. The summed E-state index contributed by atoms with van der Waals surface area (Å²) >= 11 is 0. The number of carbonyl (C=O) groups excluding carboxylic acids is 1. The maximum atomic E-state index is 11.4. The first-order valence-corrected chi connectivity index (χ1v) is 5.69. The van der Waals surface area contributed by atoms with Gasteiger partial charge >= 0.3 is 0 Å². The van der Waals surface area contributed by atoms with Crippen LogP contribution in [0.1, 0.15) is 38.5 Å². The Labute approximate surface area is 92.1 Å². The van der Waals surface area contributed by atoms with Gasteiger partial charge in [-0.2, -0.15) is 0 Å². The minimum atomic E-state index is 0.173. The van der Waals surface area contributed by atoms with Crippen LogP contribution in [0.3, 0.4) is 0 Å². The SMILES string of the molecule is C#CCCCCNC(=O)CC1C=CCC1. The molecule has 0 spiro atoms. The van der Waals surface area contributed by atoms with Crippen molar-refractivity contribution in [2.24, 2.45) is 5.92 Å². The molecule has 1 aliphatic carbocycles. The lowest BCUT2D eigenvalue weighted by atomic mass is 10.1. The number of unbranched alkanes of at least 4 members (excludes halogenated alkanes) is 2. The van der Waals surface area contributed by atoms with E-state index in [1.807, 2.05) is 0 Å². The van der Waals surface area contributed by atoms with Crippen molar-refractivity contribution in [3.8, 4) is 12.3 Å². The Balaban J connectivity index is 1.99. The van der Waals surface area contributed by atoms with Gasteiger partial charge in [-0.05, 0) is 31.6 Å². The van der Waals surface area contributed by atoms with E-state index in [0.717, 1.165) is 38.6 Å². The zero-order chi connectivity index (χ0) is 10.9. The van der Waals surface area contributed by atoms with Crippen LogP contribution in [0.5, 0.6) is 0 Å². The highest BCUT2D eigenvalue weighted by molar-refractivity contribution is 5.76. The van der Waals surface area contributed by atoms with Crippen LogP contribution in [0.15, 0.2) is 12.2 Å². The highest BCUT2D eigenvalue weighted by atomic mass is 16.1. The van der Waals surface area contributed by atoms with E-state index in [2.05, 4.69) is 23.4 Å². The monoisotopic (exact) mass is 205 g/mol. The van der Waals surface area contributed by atoms with Crippen LogP contribution >= 0.6 is 0 Å². The van der Waals surface area contributed by atoms with Crippen LogP contribution in [-0.4, -0.2) is 12.5 Å². The van der Waals surface area contributed by atoms with Crippen molar-refractivity contribution in [1.82, 2.24) is 5.32 Å². The van der Waals surface area contributed by atoms with Crippen molar-refractivity contribution in [1.29, 1.82) is 0 Å². The molecule has 0 radical (unpaired) electrons. The zero-order valence-corrected chi connectivity index (χ0v) is 9.17. The number of hydrogen-bond donors (Lipinski definition) is 1. The standard InChI is InChI=1S/C13H19NO/c1-2-3-4-7-10-14-13(15)11-12-8-5-6-9-12/h1,5,8,12H,3-4,6-7,9-11H2,(H,14,15). The molecule has 0 aromatic carbocycles. The summed E-state index contributed by atoms with van der Waals surface area (Å²) in [6.45, 7) is 0.761. The molecule has 0 bridgehead atoms. The molecule has 1 amide bonds. The lowest BCUT2D eigenvalue weighted by Gasteiger charge is -2.08. The molecular weight excluding hydrogens is 186 g/mol. The zero-order valence-electron chi connectivity index (χ0n) is 9.17. The molecule has 82 valence electrons. The fraction of sp³-hybridized carbons (Fsp3) is 0.615. The number of carbonyl (C=O) groups is 1. The minimum Gasteiger partial charge on any atom is -0.356 e. The Morgan fingerprint density at radius 1 is 1.53 bits per heavy atom. The van der Waals surface area contributed by atoms with Gasteiger partial charge in [-0.15, -0.1) is 12.3 Å². The topological polar surface area (TPSA) is 29.1 Å². The molecule has 2 nitrogen and oxygen atoms in total. The molecule has 0 aromatic rings. The van der Waals surface area contributed by atoms with Crippen molar-refractivity contribution in [2.45, 2.75) is 38.5 Å². The molecule has 0 heterocycles. The molecule has 1 unspecified atom stereocenters. The number of allylic oxidation sites excluding steroid dienone is 2. The summed E-state index contributed by atoms with van der Waals surface area (Å²) in [6, 6.07) is 0. The van der Waals surface area contributed by atoms with Gasteiger partial charge in [0.25, 0.3) is 0 Å². The molecule has 0 saturated heterocycles. The first-order chi connectivity index (χ1) is 7.33. The second-order valence-electron chi connectivity index (χ2n) is 3.98. The second-order valence-corrected chi connectivity index (χ2v) is 3.98. The van der Waals surface area contributed by atoms with Crippen molar-refractivity contribution >= 4 is 5.91 Å². The largest absolute Gasteiger partial charge is 0.356 e. The van der Waals surface area contributed by atoms with Gasteiger partial charge in [-0.1, -0.05) is 12.2 Å². The smallest absolute Gasteiger partial charge is 0.220 e. The Hall–Kier alpha value is -1.23. The molecule has 0 fully saturated rings. The van der Waals surface area contributed by atoms with Gasteiger partial charge in [0.05, 0.1) is 0 Å². The number of nitrogens with one attached hydrogen (secondary N) is 1. The lowest BCUT2D eigenvalue weighted by molar-refractivity contribution is -0.121. The van der Waals surface area contributed by atoms with Crippen molar-refractivity contribution in [2.75, 3.05) is 6.54 Å². The van der Waals surface area contributed by atoms with Crippen LogP contribution in [0, 0.1) is 18.3 Å². The quantitative estimate of drug-likeness (QED) is 0.402. The van der Waals surface area contributed by atoms with E-state index in [-0.39, 0.29) is 5.91 Å². The predicted molar refractivity (Wildman–Crippen MR) is 62.2 cm³/mol. The average Bonchev–Trinajstić information content (AvgIpc) is 2.70. The third kappa shape index (κ3) is 5.27. The van der Waals surface area contributed by atoms with Crippen LogP contribution in [0.2, 0.25) is 0 Å². The molecule has 15 heavy (non-hydrogen) atoms. The van der Waals surface area contributed by atoms with Crippen molar-refractivity contribution in [3.05, 3.63) is 12.2 Å². The molecule has 2 heteroatoms. The van der Waals surface area contributed by atoms with Gasteiger partial charge in [0, 0.05) is 19.4 Å². The van der Waals surface area contributed by atoms with Crippen molar-refractivity contribution < 1.29 is 4.79 Å². The van der Waals surface area contributed by atoms with Gasteiger partial charge in [0.2, 0.25) is 5.91 Å². The third-order valence-electron chi connectivity index (χ3n) is 2.63. The molecule has 1 N–H and O–H groups in total. The van der Waals surface area contributed by atoms with Gasteiger partial charge < -0.3 is 5.32 Å². The highest BCUT2D eigenvalue weighted by Crippen LogP contribution is 2.19. The van der Waals surface area contributed by atoms with Crippen LogP contribution in [0.4, 0.5) is 0 Å². The van der Waals surface area contributed by atoms with E-state index in [0.29, 0.717) is 12.3 Å². The summed E-state index contributed by atoms with van der Waals surface area (Å²) in [5.74, 6) is 3.23. The van der Waals surface area contributed by atoms with Crippen LogP contribution < -0.4 is 5.32 Å². The molecule has 1 rings (SSSR count). The fourth-order valence-electron chi connectivity index (χ4n) is 1.76. The van der Waals surface area contributed by atoms with E-state index in [4.69, 9.17) is 6.42 Å². The van der Waals surface area contributed by atoms with Gasteiger partial charge in [-0.25, -0.2) is 0 Å². The molecule has 0 aromatic heterocycles. The highest BCUT2D eigenvalue weighted by Gasteiger charge is 2.13. The maximum absolute atomic E-state index is 11.4. The van der Waals surface area contributed by atoms with E-state index < -0.39 is 0 Å². The Kier molecular flexibility index (Phi) is 5.62. The second kappa shape index (κ2) is 7.11. The summed E-state index contributed by atoms with van der Waals surface area (Å²) in [5, 5.41) is 2.93. The van der Waals surface area contributed by atoms with Gasteiger partial charge in [0.1, 0.15) is 0 Å². The van der Waals surface area contributed by atoms with Crippen molar-refractivity contribution in [3.63, 3.8) is 0 Å². The number of amides is 1. The normalized spacial score (nSPS) is 18.7. The molecule has 1 aliphatic rings. The Bertz CT molecular complexity index is 262. The summed E-state index contributed by atoms with van der Waals surface area (Å²) in [5.41, 5.74) is 0. The molecule has 1 atom stereocenters.